The van der Waals surface area contributed by atoms with E-state index < -0.39 is 98.2 Å². The Morgan fingerprint density at radius 1 is 0.191 bits per heavy atom. The molecule has 12 aromatic rings. The van der Waals surface area contributed by atoms with Crippen LogP contribution in [0.25, 0.3) is 0 Å². The van der Waals surface area contributed by atoms with Gasteiger partial charge in [-0.3, -0.25) is 98.6 Å². The average Bonchev–Trinajstić information content (AvgIpc) is 0.810. The van der Waals surface area contributed by atoms with E-state index >= 15 is 0 Å². The van der Waals surface area contributed by atoms with Crippen LogP contribution in [0.1, 0.15) is 68.3 Å². The van der Waals surface area contributed by atoms with Crippen LogP contribution in [-0.2, 0) is 166 Å². The molecule has 2 aliphatic rings. The Morgan fingerprint density at radius 3 is 0.338 bits per heavy atom. The van der Waals surface area contributed by atoms with Gasteiger partial charge in [-0.25, -0.2) is 0 Å². The molecular weight excluding hydrogens is 2000 g/mol. The van der Waals surface area contributed by atoms with Crippen molar-refractivity contribution in [3.63, 3.8) is 0 Å². The zero-order chi connectivity index (χ0) is 97.1. The third-order valence-corrected chi connectivity index (χ3v) is 15.9. The van der Waals surface area contributed by atoms with Crippen molar-refractivity contribution < 1.29 is 197 Å². The maximum atomic E-state index is 10.5. The van der Waals surface area contributed by atoms with Gasteiger partial charge in [-0.2, -0.15) is 0 Å². The van der Waals surface area contributed by atoms with Crippen LogP contribution in [0.4, 0.5) is 69.1 Å². The van der Waals surface area contributed by atoms with E-state index in [1.807, 2.05) is 293 Å². The molecule has 4 radical (unpaired) electrons. The van der Waals surface area contributed by atoms with Crippen molar-refractivity contribution >= 4 is 52.2 Å². The van der Waals surface area contributed by atoms with Crippen molar-refractivity contribution in [3.8, 4) is 0 Å². The van der Waals surface area contributed by atoms with Crippen molar-refractivity contribution in [2.75, 3.05) is 0 Å². The van der Waals surface area contributed by atoms with Gasteiger partial charge in [0.15, 0.2) is 23.0 Å². The van der Waals surface area contributed by atoms with E-state index in [0.29, 0.717) is 0 Å². The second kappa shape index (κ2) is 64.0. The van der Waals surface area contributed by atoms with Crippen LogP contribution in [0.5, 0.6) is 0 Å². The SMILES string of the molecule is F[B-](F)(F)F.F[B-](F)(F)F.F[B-](F)(F)F.F[B-](F)(F)F.O=C1C([O-])=C(O)C(=O)C([O-])=C1O.O=C1C([O-])=C(O)C(=O)C([O-])=C1O.[Fe+3].[Fe+3].[Fe+3].[Fe+3].c1ccc(CN(Cc2ccccn2)Cc2ccccn2)nc1.c1ccc(CN(Cc2ccccn2)Cc2ccccn2)nc1.c1ccc(CN(Cc2ccccn2)Cc2ccccn2)nc1.c1ccc(CN(Cc2ccccn2)Cc2ccccn2)nc1. The van der Waals surface area contributed by atoms with Gasteiger partial charge in [0.1, 0.15) is 0 Å². The number of hydrogen-bond acceptors (Lipinski definition) is 28. The van der Waals surface area contributed by atoms with E-state index in [9.17, 15) is 109 Å². The normalized spacial score (nSPS) is 12.1. The minimum Gasteiger partial charge on any atom is -0.867 e. The molecule has 0 atom stereocenters. The van der Waals surface area contributed by atoms with E-state index in [1.165, 1.54) is 0 Å². The first kappa shape index (κ1) is 121. The van der Waals surface area contributed by atoms with Gasteiger partial charge in [-0.15, -0.1) is 0 Å². The molecular formula is C84H76B4F16Fe4N16O12+4. The first-order chi connectivity index (χ1) is 62.5. The van der Waals surface area contributed by atoms with Gasteiger partial charge in [0, 0.05) is 153 Å². The van der Waals surface area contributed by atoms with Crippen molar-refractivity contribution in [2.45, 2.75) is 78.5 Å². The van der Waals surface area contributed by atoms with Crippen LogP contribution in [0, 0.1) is 0 Å². The molecule has 0 bridgehead atoms. The average molecular weight is 2070 g/mol. The molecule has 0 unspecified atom stereocenters. The third-order valence-electron chi connectivity index (χ3n) is 15.9. The Morgan fingerprint density at radius 2 is 0.272 bits per heavy atom. The minimum absolute atomic E-state index is 0. The zero-order valence-corrected chi connectivity index (χ0v) is 74.6. The first-order valence-corrected chi connectivity index (χ1v) is 38.3. The summed E-state index contributed by atoms with van der Waals surface area (Å²) in [6, 6.07) is 72.0. The summed E-state index contributed by atoms with van der Waals surface area (Å²) in [5, 5.41) is 76.2. The van der Waals surface area contributed by atoms with E-state index in [0.717, 1.165) is 147 Å². The van der Waals surface area contributed by atoms with Gasteiger partial charge in [0.05, 0.1) is 68.3 Å². The zero-order valence-electron chi connectivity index (χ0n) is 70.2. The quantitative estimate of drug-likeness (QED) is 0.0248. The topological polar surface area (TPSA) is 409 Å². The van der Waals surface area contributed by atoms with Crippen molar-refractivity contribution in [1.29, 1.82) is 0 Å². The fourth-order valence-electron chi connectivity index (χ4n) is 10.6. The second-order valence-electron chi connectivity index (χ2n) is 26.4. The molecule has 0 saturated heterocycles. The van der Waals surface area contributed by atoms with Gasteiger partial charge in [-0.05, 0) is 169 Å². The molecule has 716 valence electrons. The minimum atomic E-state index is -6.00. The molecule has 12 heterocycles. The summed E-state index contributed by atoms with van der Waals surface area (Å²) in [5.41, 5.74) is 12.6. The molecule has 0 aliphatic heterocycles. The van der Waals surface area contributed by atoms with Crippen LogP contribution in [0.15, 0.2) is 339 Å². The number of hydrogen-bond donors (Lipinski definition) is 4. The van der Waals surface area contributed by atoms with Gasteiger partial charge >= 0.3 is 97.3 Å². The van der Waals surface area contributed by atoms with Crippen LogP contribution in [0.3, 0.4) is 0 Å². The predicted octanol–water partition coefficient (Wildman–Crippen LogP) is 12.3. The summed E-state index contributed by atoms with van der Waals surface area (Å²) in [5.74, 6) is -18.2. The molecule has 0 fully saturated rings. The fourth-order valence-corrected chi connectivity index (χ4v) is 10.6. The third kappa shape index (κ3) is 54.3. The van der Waals surface area contributed by atoms with Crippen molar-refractivity contribution in [2.24, 2.45) is 0 Å². The Hall–Kier alpha value is -13.1. The van der Waals surface area contributed by atoms with Gasteiger partial charge in [0.25, 0.3) is 0 Å². The monoisotopic (exact) mass is 2070 g/mol. The Balaban J connectivity index is 0.000000787. The number of aliphatic hydroxyl groups is 4. The smallest absolute Gasteiger partial charge is 0.867 e. The maximum Gasteiger partial charge on any atom is 3.00 e. The number of Topliss-reactive ketones (excluding diaryl/α,β-unsaturated/α-hetero) is 4. The Labute approximate surface area is 809 Å². The van der Waals surface area contributed by atoms with Crippen LogP contribution in [0.2, 0.25) is 0 Å². The molecule has 0 aromatic carbocycles. The number of halogens is 16. The number of pyridine rings is 12. The number of rotatable bonds is 24. The molecule has 12 aromatic heterocycles. The number of ketones is 4. The number of aromatic nitrogens is 12. The van der Waals surface area contributed by atoms with Gasteiger partial charge < -0.3 is 110 Å². The Kier molecular flexibility index (Phi) is 56.9. The standard InChI is InChI=1S/4C18H18N4.2C6H4O6.4BF4.4Fe/c4*1-4-10-19-16(7-1)13-22(14-17-8-2-5-11-20-17)15-18-9-3-6-12-21-18;2*7-1-2(8)4(10)6(12)5(11)3(1)9;4*2-1(3,4)5;;;;/h4*1-12H,13-15H2;2*7-8,11-12H;;;;;;;;/q;;;;;;4*-1;4*+3/p-4. The molecule has 0 amide bonds. The van der Waals surface area contributed by atoms with E-state index in [2.05, 4.69) is 79.4 Å². The van der Waals surface area contributed by atoms with E-state index in [-0.39, 0.29) is 68.3 Å². The number of nitrogens with zero attached hydrogens (tertiary/aromatic N) is 16. The molecule has 14 rings (SSSR count). The molecule has 52 heteroatoms. The summed E-state index contributed by atoms with van der Waals surface area (Å²) in [7, 11) is -24.0. The van der Waals surface area contributed by atoms with Crippen molar-refractivity contribution in [3.05, 3.63) is 407 Å². The summed E-state index contributed by atoms with van der Waals surface area (Å²) in [6.45, 7) is 9.26. The largest absolute Gasteiger partial charge is 3.00 e. The first-order valence-electron chi connectivity index (χ1n) is 38.3. The number of aliphatic hydroxyl groups excluding tert-OH is 4. The summed E-state index contributed by atoms with van der Waals surface area (Å²) in [6.07, 6.45) is 21.9. The second-order valence-corrected chi connectivity index (χ2v) is 26.4. The fraction of sp³-hybridized carbons (Fsp3) is 0.143. The van der Waals surface area contributed by atoms with Crippen LogP contribution in [-0.4, -0.2) is 152 Å². The summed E-state index contributed by atoms with van der Waals surface area (Å²) >= 11 is 0. The molecule has 0 saturated carbocycles. The number of carbonyl (C=O) groups excluding carboxylic acids is 4. The van der Waals surface area contributed by atoms with E-state index in [4.69, 9.17) is 20.4 Å². The van der Waals surface area contributed by atoms with Gasteiger partial charge in [-0.1, -0.05) is 72.8 Å². The molecule has 0 spiro atoms. The molecule has 2 aliphatic carbocycles. The summed E-state index contributed by atoms with van der Waals surface area (Å²) in [4.78, 5) is 104. The maximum absolute atomic E-state index is 10.5. The number of carbonyl (C=O) groups is 4. The summed E-state index contributed by atoms with van der Waals surface area (Å²) < 4.78 is 156. The predicted molar refractivity (Wildman–Crippen MR) is 442 cm³/mol. The Bertz CT molecular complexity index is 4390. The van der Waals surface area contributed by atoms with Crippen LogP contribution >= 0.6 is 0 Å². The molecule has 4 N–H and O–H groups in total. The van der Waals surface area contributed by atoms with E-state index in [1.54, 1.807) is 0 Å². The van der Waals surface area contributed by atoms with Crippen molar-refractivity contribution in [1.82, 2.24) is 79.4 Å². The molecule has 28 nitrogen and oxygen atoms in total. The van der Waals surface area contributed by atoms with Crippen LogP contribution < -0.4 is 20.4 Å². The van der Waals surface area contributed by atoms with Gasteiger partial charge in [0.2, 0.25) is 23.1 Å². The molecule has 136 heavy (non-hydrogen) atoms.